The summed E-state index contributed by atoms with van der Waals surface area (Å²) in [5.41, 5.74) is 3.28. The number of ketones is 1. The number of rotatable bonds is 3. The van der Waals surface area contributed by atoms with Crippen molar-refractivity contribution in [1.82, 2.24) is 0 Å². The molecule has 2 aliphatic rings. The predicted octanol–water partition coefficient (Wildman–Crippen LogP) is 6.22. The molecule has 5 heteroatoms. The second-order valence-electron chi connectivity index (χ2n) is 8.82. The summed E-state index contributed by atoms with van der Waals surface area (Å²) in [6.07, 6.45) is 6.53. The molecule has 0 atom stereocenters. The van der Waals surface area contributed by atoms with Crippen molar-refractivity contribution in [2.45, 2.75) is 64.4 Å². The van der Waals surface area contributed by atoms with Gasteiger partial charge in [-0.1, -0.05) is 25.5 Å². The minimum atomic E-state index is -0.363. The van der Waals surface area contributed by atoms with Gasteiger partial charge in [0.1, 0.15) is 16.9 Å². The van der Waals surface area contributed by atoms with Crippen molar-refractivity contribution in [2.75, 3.05) is 5.32 Å². The molecule has 3 aromatic rings. The summed E-state index contributed by atoms with van der Waals surface area (Å²) in [6, 6.07) is 11.4. The van der Waals surface area contributed by atoms with Crippen molar-refractivity contribution in [3.63, 3.8) is 0 Å². The molecule has 1 aromatic heterocycles. The molecular formula is C26H27NO4. The average Bonchev–Trinajstić information content (AvgIpc) is 3.11. The van der Waals surface area contributed by atoms with E-state index < -0.39 is 0 Å². The molecule has 2 heterocycles. The molecule has 5 rings (SSSR count). The van der Waals surface area contributed by atoms with Crippen LogP contribution in [-0.2, 0) is 6.42 Å². The molecule has 1 aliphatic heterocycles. The third kappa shape index (κ3) is 3.42. The minimum absolute atomic E-state index is 0.0836. The number of nitrogens with one attached hydrogen (secondary N) is 1. The highest BCUT2D eigenvalue weighted by Gasteiger charge is 2.42. The van der Waals surface area contributed by atoms with Crippen LogP contribution in [0, 0.1) is 6.92 Å². The van der Waals surface area contributed by atoms with E-state index in [1.54, 1.807) is 0 Å². The lowest BCUT2D eigenvalue weighted by Crippen LogP contribution is -2.43. The Labute approximate surface area is 181 Å². The van der Waals surface area contributed by atoms with E-state index in [2.05, 4.69) is 12.2 Å². The standard InChI is InChI=1S/C26H27NO4/c1-3-17-8-7-9-18(14-17)27-25(29)24-16(2)22-20(30-24)10-11-21-23(22)19(28)15-26(31-21)12-5-4-6-13-26/h7-11,14H,3-6,12-13,15H2,1-2H3,(H,27,29). The lowest BCUT2D eigenvalue weighted by molar-refractivity contribution is 0.0139. The van der Waals surface area contributed by atoms with Crippen LogP contribution >= 0.6 is 0 Å². The van der Waals surface area contributed by atoms with Crippen molar-refractivity contribution in [2.24, 2.45) is 0 Å². The van der Waals surface area contributed by atoms with Gasteiger partial charge in [0.2, 0.25) is 0 Å². The van der Waals surface area contributed by atoms with Crippen LogP contribution in [0.3, 0.4) is 0 Å². The van der Waals surface area contributed by atoms with E-state index >= 15 is 0 Å². The molecule has 160 valence electrons. The van der Waals surface area contributed by atoms with E-state index in [1.165, 1.54) is 6.42 Å². The van der Waals surface area contributed by atoms with Gasteiger partial charge in [0.05, 0.1) is 12.0 Å². The first-order valence-corrected chi connectivity index (χ1v) is 11.2. The van der Waals surface area contributed by atoms with E-state index in [-0.39, 0.29) is 23.1 Å². The quantitative estimate of drug-likeness (QED) is 0.549. The number of anilines is 1. The second-order valence-corrected chi connectivity index (χ2v) is 8.82. The maximum Gasteiger partial charge on any atom is 0.291 e. The van der Waals surface area contributed by atoms with E-state index in [0.29, 0.717) is 34.3 Å². The lowest BCUT2D eigenvalue weighted by Gasteiger charge is -2.40. The highest BCUT2D eigenvalue weighted by Crippen LogP contribution is 2.45. The SMILES string of the molecule is CCc1cccc(NC(=O)c2oc3ccc4c(c3c2C)C(=O)CC2(CCCCC2)O4)c1. The molecule has 1 saturated carbocycles. The van der Waals surface area contributed by atoms with Crippen LogP contribution in [0.4, 0.5) is 5.69 Å². The van der Waals surface area contributed by atoms with Gasteiger partial charge in [-0.3, -0.25) is 9.59 Å². The van der Waals surface area contributed by atoms with E-state index in [4.69, 9.17) is 9.15 Å². The molecule has 0 saturated heterocycles. The zero-order chi connectivity index (χ0) is 21.6. The number of fused-ring (bicyclic) bond motifs is 3. The Morgan fingerprint density at radius 3 is 2.71 bits per heavy atom. The topological polar surface area (TPSA) is 68.5 Å². The summed E-state index contributed by atoms with van der Waals surface area (Å²) in [4.78, 5) is 26.2. The van der Waals surface area contributed by atoms with Crippen LogP contribution < -0.4 is 10.1 Å². The van der Waals surface area contributed by atoms with Crippen LogP contribution in [0.1, 0.15) is 77.5 Å². The molecule has 0 unspecified atom stereocenters. The van der Waals surface area contributed by atoms with Gasteiger partial charge >= 0.3 is 0 Å². The third-order valence-electron chi connectivity index (χ3n) is 6.71. The predicted molar refractivity (Wildman–Crippen MR) is 120 cm³/mol. The first-order chi connectivity index (χ1) is 15.0. The summed E-state index contributed by atoms with van der Waals surface area (Å²) in [5, 5.41) is 3.62. The third-order valence-corrected chi connectivity index (χ3v) is 6.71. The fourth-order valence-electron chi connectivity index (χ4n) is 5.08. The van der Waals surface area contributed by atoms with Crippen LogP contribution in [0.15, 0.2) is 40.8 Å². The van der Waals surface area contributed by atoms with E-state index in [9.17, 15) is 9.59 Å². The van der Waals surface area contributed by atoms with Crippen LogP contribution in [0.25, 0.3) is 11.0 Å². The Bertz CT molecular complexity index is 1180. The van der Waals surface area contributed by atoms with Gasteiger partial charge in [0.25, 0.3) is 5.91 Å². The molecule has 1 N–H and O–H groups in total. The van der Waals surface area contributed by atoms with Gasteiger partial charge in [-0.05, 0) is 68.9 Å². The molecule has 5 nitrogen and oxygen atoms in total. The number of hydrogen-bond acceptors (Lipinski definition) is 4. The lowest BCUT2D eigenvalue weighted by atomic mass is 9.78. The first kappa shape index (κ1) is 19.9. The van der Waals surface area contributed by atoms with Crippen molar-refractivity contribution in [3.8, 4) is 5.75 Å². The maximum atomic E-state index is 13.2. The summed E-state index contributed by atoms with van der Waals surface area (Å²) in [5.74, 6) is 0.622. The number of benzene rings is 2. The zero-order valence-corrected chi connectivity index (χ0v) is 18.0. The average molecular weight is 418 g/mol. The van der Waals surface area contributed by atoms with Crippen LogP contribution in [-0.4, -0.2) is 17.3 Å². The summed E-state index contributed by atoms with van der Waals surface area (Å²) >= 11 is 0. The molecule has 1 spiro atoms. The minimum Gasteiger partial charge on any atom is -0.486 e. The van der Waals surface area contributed by atoms with Gasteiger partial charge in [0, 0.05) is 16.6 Å². The van der Waals surface area contributed by atoms with Crippen LogP contribution in [0.5, 0.6) is 5.75 Å². The second kappa shape index (κ2) is 7.56. The van der Waals surface area contributed by atoms with Gasteiger partial charge in [-0.25, -0.2) is 0 Å². The smallest absolute Gasteiger partial charge is 0.291 e. The number of hydrogen-bond donors (Lipinski definition) is 1. The number of ether oxygens (including phenoxy) is 1. The summed E-state index contributed by atoms with van der Waals surface area (Å²) in [6.45, 7) is 3.91. The molecular weight excluding hydrogens is 390 g/mol. The number of aryl methyl sites for hydroxylation is 2. The number of furan rings is 1. The Morgan fingerprint density at radius 1 is 1.13 bits per heavy atom. The molecule has 1 fully saturated rings. The first-order valence-electron chi connectivity index (χ1n) is 11.2. The summed E-state index contributed by atoms with van der Waals surface area (Å²) in [7, 11) is 0. The molecule has 0 bridgehead atoms. The normalized spacial score (nSPS) is 17.4. The molecule has 2 aromatic carbocycles. The zero-order valence-electron chi connectivity index (χ0n) is 18.0. The highest BCUT2D eigenvalue weighted by atomic mass is 16.5. The van der Waals surface area contributed by atoms with Crippen molar-refractivity contribution < 1.29 is 18.7 Å². The fourth-order valence-corrected chi connectivity index (χ4v) is 5.08. The number of amides is 1. The van der Waals surface area contributed by atoms with Crippen molar-refractivity contribution >= 4 is 28.3 Å². The molecule has 1 aliphatic carbocycles. The highest BCUT2D eigenvalue weighted by molar-refractivity contribution is 6.14. The number of carbonyl (C=O) groups excluding carboxylic acids is 2. The van der Waals surface area contributed by atoms with Gasteiger partial charge in [-0.15, -0.1) is 0 Å². The monoisotopic (exact) mass is 417 g/mol. The number of carbonyl (C=O) groups is 2. The molecule has 31 heavy (non-hydrogen) atoms. The Balaban J connectivity index is 1.51. The largest absolute Gasteiger partial charge is 0.486 e. The fraction of sp³-hybridized carbons (Fsp3) is 0.385. The Morgan fingerprint density at radius 2 is 1.94 bits per heavy atom. The van der Waals surface area contributed by atoms with Gasteiger partial charge in [-0.2, -0.15) is 0 Å². The van der Waals surface area contributed by atoms with Crippen molar-refractivity contribution in [1.29, 1.82) is 0 Å². The van der Waals surface area contributed by atoms with Crippen molar-refractivity contribution in [3.05, 3.63) is 58.8 Å². The van der Waals surface area contributed by atoms with Gasteiger partial charge in [0.15, 0.2) is 11.5 Å². The molecule has 0 radical (unpaired) electrons. The maximum absolute atomic E-state index is 13.2. The van der Waals surface area contributed by atoms with E-state index in [1.807, 2.05) is 43.3 Å². The van der Waals surface area contributed by atoms with Gasteiger partial charge < -0.3 is 14.5 Å². The Hall–Kier alpha value is -3.08. The number of Topliss-reactive ketones (excluding diaryl/α,β-unsaturated/α-hetero) is 1. The van der Waals surface area contributed by atoms with E-state index in [0.717, 1.165) is 43.4 Å². The Kier molecular flexibility index (Phi) is 4.84. The van der Waals surface area contributed by atoms with Crippen LogP contribution in [0.2, 0.25) is 0 Å². The summed E-state index contributed by atoms with van der Waals surface area (Å²) < 4.78 is 12.3. The molecule has 1 amide bonds.